The Bertz CT molecular complexity index is 1170. The molecule has 0 saturated carbocycles. The molecule has 0 radical (unpaired) electrons. The van der Waals surface area contributed by atoms with Crippen LogP contribution in [0.3, 0.4) is 0 Å². The number of anilines is 1. The Morgan fingerprint density at radius 3 is 2.64 bits per heavy atom. The van der Waals surface area contributed by atoms with Gasteiger partial charge in [-0.15, -0.1) is 5.10 Å². The molecule has 0 spiro atoms. The Labute approximate surface area is 160 Å². The fourth-order valence-electron chi connectivity index (χ4n) is 2.80. The number of hydrogen-bond acceptors (Lipinski definition) is 5. The van der Waals surface area contributed by atoms with Gasteiger partial charge in [-0.3, -0.25) is 4.79 Å². The van der Waals surface area contributed by atoms with E-state index < -0.39 is 0 Å². The van der Waals surface area contributed by atoms with Crippen LogP contribution in [0.2, 0.25) is 0 Å². The summed E-state index contributed by atoms with van der Waals surface area (Å²) in [5.74, 6) is -0.295. The SMILES string of the molecule is Cc1cc(C(=O)Nc2ccc(-n3ccnn3)cc2)n(-c2cccc(C#N)c2)n1. The number of nitrogens with zero attached hydrogens (tertiary/aromatic N) is 6. The van der Waals surface area contributed by atoms with E-state index in [4.69, 9.17) is 5.26 Å². The normalized spacial score (nSPS) is 10.4. The molecule has 0 aliphatic carbocycles. The summed E-state index contributed by atoms with van der Waals surface area (Å²) in [7, 11) is 0. The molecule has 8 nitrogen and oxygen atoms in total. The van der Waals surface area contributed by atoms with Crippen LogP contribution < -0.4 is 5.32 Å². The maximum absolute atomic E-state index is 12.8. The summed E-state index contributed by atoms with van der Waals surface area (Å²) in [5.41, 5.74) is 3.72. The Balaban J connectivity index is 1.59. The fraction of sp³-hybridized carbons (Fsp3) is 0.0500. The summed E-state index contributed by atoms with van der Waals surface area (Å²) in [6.45, 7) is 1.81. The van der Waals surface area contributed by atoms with Gasteiger partial charge in [-0.05, 0) is 55.5 Å². The minimum absolute atomic E-state index is 0.295. The predicted octanol–water partition coefficient (Wildman–Crippen LogP) is 2.89. The number of hydrogen-bond donors (Lipinski definition) is 1. The molecule has 0 aliphatic rings. The lowest BCUT2D eigenvalue weighted by atomic mass is 10.2. The summed E-state index contributed by atoms with van der Waals surface area (Å²) in [5, 5.41) is 24.1. The second-order valence-electron chi connectivity index (χ2n) is 6.09. The van der Waals surface area contributed by atoms with Crippen LogP contribution in [0.25, 0.3) is 11.4 Å². The van der Waals surface area contributed by atoms with Crippen LogP contribution in [0.1, 0.15) is 21.7 Å². The number of aromatic nitrogens is 5. The zero-order chi connectivity index (χ0) is 19.5. The molecule has 0 saturated heterocycles. The standard InChI is InChI=1S/C20H15N7O/c1-14-11-19(27(24-14)18-4-2-3-15(12-18)13-21)20(28)23-16-5-7-17(8-6-16)26-10-9-22-25-26/h2-12H,1H3,(H,23,28). The van der Waals surface area contributed by atoms with Gasteiger partial charge in [0.1, 0.15) is 5.69 Å². The van der Waals surface area contributed by atoms with E-state index in [1.54, 1.807) is 59.5 Å². The molecule has 0 atom stereocenters. The first-order chi connectivity index (χ1) is 13.6. The predicted molar refractivity (Wildman–Crippen MR) is 102 cm³/mol. The maximum atomic E-state index is 12.8. The molecule has 0 aliphatic heterocycles. The molecule has 8 heteroatoms. The quantitative estimate of drug-likeness (QED) is 0.596. The highest BCUT2D eigenvalue weighted by Crippen LogP contribution is 2.17. The molecule has 2 heterocycles. The lowest BCUT2D eigenvalue weighted by molar-refractivity contribution is 0.101. The first-order valence-corrected chi connectivity index (χ1v) is 8.49. The monoisotopic (exact) mass is 369 g/mol. The molecule has 4 aromatic rings. The molecular formula is C20H15N7O. The highest BCUT2D eigenvalue weighted by atomic mass is 16.2. The van der Waals surface area contributed by atoms with Gasteiger partial charge in [-0.2, -0.15) is 10.4 Å². The van der Waals surface area contributed by atoms with E-state index in [9.17, 15) is 4.79 Å². The minimum atomic E-state index is -0.295. The third kappa shape index (κ3) is 3.37. The van der Waals surface area contributed by atoms with Crippen LogP contribution in [-0.2, 0) is 0 Å². The Kier molecular flexibility index (Phi) is 4.40. The van der Waals surface area contributed by atoms with Crippen molar-refractivity contribution in [3.63, 3.8) is 0 Å². The van der Waals surface area contributed by atoms with Crippen molar-refractivity contribution in [2.45, 2.75) is 6.92 Å². The van der Waals surface area contributed by atoms with Crippen LogP contribution in [0, 0.1) is 18.3 Å². The van der Waals surface area contributed by atoms with Crippen LogP contribution in [0.4, 0.5) is 5.69 Å². The zero-order valence-electron chi connectivity index (χ0n) is 14.9. The Morgan fingerprint density at radius 2 is 1.93 bits per heavy atom. The minimum Gasteiger partial charge on any atom is -0.321 e. The van der Waals surface area contributed by atoms with Crippen LogP contribution in [0.5, 0.6) is 0 Å². The second-order valence-corrected chi connectivity index (χ2v) is 6.09. The van der Waals surface area contributed by atoms with E-state index in [1.807, 2.05) is 19.1 Å². The van der Waals surface area contributed by atoms with E-state index in [1.165, 1.54) is 4.68 Å². The van der Waals surface area contributed by atoms with Crippen molar-refractivity contribution in [1.82, 2.24) is 24.8 Å². The van der Waals surface area contributed by atoms with Gasteiger partial charge in [0.2, 0.25) is 0 Å². The number of benzene rings is 2. The van der Waals surface area contributed by atoms with Gasteiger partial charge >= 0.3 is 0 Å². The van der Waals surface area contributed by atoms with Crippen LogP contribution in [-0.4, -0.2) is 30.7 Å². The third-order valence-electron chi connectivity index (χ3n) is 4.10. The Hall–Kier alpha value is -4.25. The van der Waals surface area contributed by atoms with Gasteiger partial charge in [0, 0.05) is 5.69 Å². The lowest BCUT2D eigenvalue weighted by Crippen LogP contribution is -2.17. The van der Waals surface area contributed by atoms with Crippen molar-refractivity contribution in [1.29, 1.82) is 5.26 Å². The number of nitriles is 1. The molecule has 28 heavy (non-hydrogen) atoms. The molecule has 0 unspecified atom stereocenters. The molecule has 0 bridgehead atoms. The van der Waals surface area contributed by atoms with Crippen molar-refractivity contribution in [2.24, 2.45) is 0 Å². The van der Waals surface area contributed by atoms with Gasteiger partial charge in [0.05, 0.1) is 41.1 Å². The topological polar surface area (TPSA) is 101 Å². The Morgan fingerprint density at radius 1 is 1.11 bits per heavy atom. The third-order valence-corrected chi connectivity index (χ3v) is 4.10. The van der Waals surface area contributed by atoms with Crippen LogP contribution >= 0.6 is 0 Å². The van der Waals surface area contributed by atoms with Gasteiger partial charge in [-0.25, -0.2) is 9.36 Å². The number of nitrogens with one attached hydrogen (secondary N) is 1. The number of rotatable bonds is 4. The average molecular weight is 369 g/mol. The van der Waals surface area contributed by atoms with Crippen molar-refractivity contribution < 1.29 is 4.79 Å². The first kappa shape index (κ1) is 17.2. The highest BCUT2D eigenvalue weighted by Gasteiger charge is 2.16. The molecule has 136 valence electrons. The van der Waals surface area contributed by atoms with Crippen molar-refractivity contribution >= 4 is 11.6 Å². The van der Waals surface area contributed by atoms with Crippen molar-refractivity contribution in [3.8, 4) is 17.4 Å². The molecule has 4 rings (SSSR count). The summed E-state index contributed by atoms with van der Waals surface area (Å²) in [6.07, 6.45) is 3.34. The van der Waals surface area contributed by atoms with Crippen LogP contribution in [0.15, 0.2) is 67.0 Å². The molecule has 0 fully saturated rings. The maximum Gasteiger partial charge on any atom is 0.274 e. The van der Waals surface area contributed by atoms with E-state index >= 15 is 0 Å². The molecule has 2 aromatic carbocycles. The smallest absolute Gasteiger partial charge is 0.274 e. The number of carbonyl (C=O) groups excluding carboxylic acids is 1. The van der Waals surface area contributed by atoms with Crippen molar-refractivity contribution in [2.75, 3.05) is 5.32 Å². The molecule has 2 aromatic heterocycles. The number of amides is 1. The van der Waals surface area contributed by atoms with Gasteiger partial charge in [-0.1, -0.05) is 11.3 Å². The average Bonchev–Trinajstić information content (AvgIpc) is 3.38. The lowest BCUT2D eigenvalue weighted by Gasteiger charge is -2.09. The molecule has 1 amide bonds. The largest absolute Gasteiger partial charge is 0.321 e. The second kappa shape index (κ2) is 7.17. The van der Waals surface area contributed by atoms with Gasteiger partial charge in [0.15, 0.2) is 0 Å². The number of carbonyl (C=O) groups is 1. The van der Waals surface area contributed by atoms with E-state index in [2.05, 4.69) is 26.8 Å². The summed E-state index contributed by atoms with van der Waals surface area (Å²) in [4.78, 5) is 12.8. The van der Waals surface area contributed by atoms with E-state index in [0.29, 0.717) is 28.3 Å². The van der Waals surface area contributed by atoms with E-state index in [-0.39, 0.29) is 5.91 Å². The van der Waals surface area contributed by atoms with Gasteiger partial charge < -0.3 is 5.32 Å². The molecular weight excluding hydrogens is 354 g/mol. The fourth-order valence-corrected chi connectivity index (χ4v) is 2.80. The molecule has 1 N–H and O–H groups in total. The summed E-state index contributed by atoms with van der Waals surface area (Å²) < 4.78 is 3.17. The summed E-state index contributed by atoms with van der Waals surface area (Å²) >= 11 is 0. The van der Waals surface area contributed by atoms with Gasteiger partial charge in [0.25, 0.3) is 5.91 Å². The van der Waals surface area contributed by atoms with Crippen molar-refractivity contribution in [3.05, 3.63) is 83.9 Å². The van der Waals surface area contributed by atoms with E-state index in [0.717, 1.165) is 5.69 Å². The first-order valence-electron chi connectivity index (χ1n) is 8.49. The highest BCUT2D eigenvalue weighted by molar-refractivity contribution is 6.03. The number of aryl methyl sites for hydroxylation is 1. The summed E-state index contributed by atoms with van der Waals surface area (Å²) in [6, 6.07) is 18.0. The zero-order valence-corrected chi connectivity index (χ0v) is 14.9.